The van der Waals surface area contributed by atoms with Crippen molar-refractivity contribution in [1.29, 1.82) is 0 Å². The first-order valence-electron chi connectivity index (χ1n) is 8.87. The molecule has 2 aromatic carbocycles. The molecule has 1 aliphatic heterocycles. The molecule has 5 rings (SSSR count). The number of fused-ring (bicyclic) bond motifs is 3. The van der Waals surface area contributed by atoms with Gasteiger partial charge in [0.15, 0.2) is 4.96 Å². The fraction of sp³-hybridized carbons (Fsp3) is 0.250. The lowest BCUT2D eigenvalue weighted by molar-refractivity contribution is 0.231. The Labute approximate surface area is 161 Å². The molecule has 0 unspecified atom stereocenters. The SMILES string of the molecule is Clc1ccc2c(c1)sc1nc(-c3ccccc3)c(CN3CCNCC3)n12. The average molecular weight is 383 g/mol. The predicted molar refractivity (Wildman–Crippen MR) is 109 cm³/mol. The highest BCUT2D eigenvalue weighted by Crippen LogP contribution is 2.34. The summed E-state index contributed by atoms with van der Waals surface area (Å²) in [6, 6.07) is 16.6. The normalized spacial score (nSPS) is 15.9. The Morgan fingerprint density at radius 2 is 1.88 bits per heavy atom. The summed E-state index contributed by atoms with van der Waals surface area (Å²) in [6.45, 7) is 5.12. The number of thiazole rings is 1. The van der Waals surface area contributed by atoms with Gasteiger partial charge in [0.25, 0.3) is 0 Å². The number of nitrogens with zero attached hydrogens (tertiary/aromatic N) is 3. The molecule has 0 bridgehead atoms. The van der Waals surface area contributed by atoms with Crippen LogP contribution < -0.4 is 5.32 Å². The van der Waals surface area contributed by atoms with Crippen LogP contribution in [0.1, 0.15) is 5.69 Å². The average Bonchev–Trinajstić information content (AvgIpc) is 3.19. The third kappa shape index (κ3) is 2.81. The molecule has 0 spiro atoms. The summed E-state index contributed by atoms with van der Waals surface area (Å²) < 4.78 is 3.50. The van der Waals surface area contributed by atoms with Crippen LogP contribution in [0.4, 0.5) is 0 Å². The van der Waals surface area contributed by atoms with Crippen molar-refractivity contribution in [2.75, 3.05) is 26.2 Å². The van der Waals surface area contributed by atoms with E-state index < -0.39 is 0 Å². The van der Waals surface area contributed by atoms with Crippen LogP contribution in [0.3, 0.4) is 0 Å². The fourth-order valence-electron chi connectivity index (χ4n) is 3.66. The zero-order valence-corrected chi connectivity index (χ0v) is 15.9. The first-order chi connectivity index (χ1) is 12.8. The Bertz CT molecular complexity index is 1060. The minimum atomic E-state index is 0.772. The number of halogens is 1. The van der Waals surface area contributed by atoms with Gasteiger partial charge in [-0.05, 0) is 18.2 Å². The number of rotatable bonds is 3. The van der Waals surface area contributed by atoms with Crippen LogP contribution in [0.15, 0.2) is 48.5 Å². The highest BCUT2D eigenvalue weighted by atomic mass is 35.5. The second kappa shape index (κ2) is 6.67. The van der Waals surface area contributed by atoms with E-state index in [-0.39, 0.29) is 0 Å². The van der Waals surface area contributed by atoms with Gasteiger partial charge in [-0.25, -0.2) is 4.98 Å². The van der Waals surface area contributed by atoms with Crippen LogP contribution >= 0.6 is 22.9 Å². The summed E-state index contributed by atoms with van der Waals surface area (Å²) in [5.74, 6) is 0. The second-order valence-electron chi connectivity index (χ2n) is 6.63. The van der Waals surface area contributed by atoms with Crippen LogP contribution in [0.5, 0.6) is 0 Å². The van der Waals surface area contributed by atoms with Gasteiger partial charge in [-0.1, -0.05) is 53.3 Å². The molecule has 2 aromatic heterocycles. The molecular formula is C20H19ClN4S. The summed E-state index contributed by atoms with van der Waals surface area (Å²) in [7, 11) is 0. The molecule has 0 radical (unpaired) electrons. The zero-order valence-electron chi connectivity index (χ0n) is 14.3. The molecule has 1 saturated heterocycles. The maximum atomic E-state index is 6.20. The van der Waals surface area contributed by atoms with Crippen molar-refractivity contribution in [3.63, 3.8) is 0 Å². The van der Waals surface area contributed by atoms with E-state index in [1.54, 1.807) is 11.3 Å². The van der Waals surface area contributed by atoms with Crippen LogP contribution in [0.2, 0.25) is 5.02 Å². The van der Waals surface area contributed by atoms with E-state index in [0.29, 0.717) is 0 Å². The lowest BCUT2D eigenvalue weighted by Gasteiger charge is -2.27. The highest BCUT2D eigenvalue weighted by Gasteiger charge is 2.21. The largest absolute Gasteiger partial charge is 0.314 e. The quantitative estimate of drug-likeness (QED) is 0.574. The Morgan fingerprint density at radius 1 is 1.08 bits per heavy atom. The number of hydrogen-bond donors (Lipinski definition) is 1. The molecular weight excluding hydrogens is 364 g/mol. The number of aromatic nitrogens is 2. The molecule has 0 atom stereocenters. The van der Waals surface area contributed by atoms with Gasteiger partial charge >= 0.3 is 0 Å². The van der Waals surface area contributed by atoms with Crippen molar-refractivity contribution in [1.82, 2.24) is 19.6 Å². The van der Waals surface area contributed by atoms with E-state index in [4.69, 9.17) is 16.6 Å². The fourth-order valence-corrected chi connectivity index (χ4v) is 4.98. The topological polar surface area (TPSA) is 32.6 Å². The van der Waals surface area contributed by atoms with E-state index in [1.807, 2.05) is 12.1 Å². The third-order valence-corrected chi connectivity index (χ3v) is 6.17. The van der Waals surface area contributed by atoms with Crippen LogP contribution in [0.25, 0.3) is 26.4 Å². The number of piperazine rings is 1. The molecule has 132 valence electrons. The molecule has 3 heterocycles. The van der Waals surface area contributed by atoms with E-state index in [0.717, 1.165) is 48.4 Å². The lowest BCUT2D eigenvalue weighted by Crippen LogP contribution is -2.43. The van der Waals surface area contributed by atoms with Gasteiger partial charge in [0.1, 0.15) is 0 Å². The van der Waals surface area contributed by atoms with Crippen LogP contribution in [0, 0.1) is 0 Å². The van der Waals surface area contributed by atoms with Crippen molar-refractivity contribution in [2.45, 2.75) is 6.54 Å². The molecule has 0 amide bonds. The molecule has 0 aliphatic carbocycles. The van der Waals surface area contributed by atoms with Crippen LogP contribution in [-0.2, 0) is 6.54 Å². The van der Waals surface area contributed by atoms with E-state index in [9.17, 15) is 0 Å². The van der Waals surface area contributed by atoms with Crippen LogP contribution in [-0.4, -0.2) is 40.5 Å². The molecule has 26 heavy (non-hydrogen) atoms. The molecule has 1 fully saturated rings. The summed E-state index contributed by atoms with van der Waals surface area (Å²) >= 11 is 7.90. The van der Waals surface area contributed by atoms with Gasteiger partial charge in [-0.3, -0.25) is 9.30 Å². The Kier molecular flexibility index (Phi) is 4.17. The molecule has 6 heteroatoms. The lowest BCUT2D eigenvalue weighted by atomic mass is 10.1. The van der Waals surface area contributed by atoms with Crippen molar-refractivity contribution in [3.05, 3.63) is 59.2 Å². The standard InChI is InChI=1S/C20H19ClN4S/c21-15-6-7-16-18(12-15)26-20-23-19(14-4-2-1-3-5-14)17(25(16)20)13-24-10-8-22-9-11-24/h1-7,12,22H,8-11,13H2. The van der Waals surface area contributed by atoms with E-state index in [2.05, 4.69) is 51.0 Å². The maximum Gasteiger partial charge on any atom is 0.195 e. The molecule has 1 aliphatic rings. The van der Waals surface area contributed by atoms with Gasteiger partial charge < -0.3 is 5.32 Å². The predicted octanol–water partition coefficient (Wildman–Crippen LogP) is 4.27. The Balaban J connectivity index is 1.71. The van der Waals surface area contributed by atoms with Crippen molar-refractivity contribution < 1.29 is 0 Å². The van der Waals surface area contributed by atoms with Gasteiger partial charge in [0, 0.05) is 43.3 Å². The Morgan fingerprint density at radius 3 is 2.69 bits per heavy atom. The summed E-state index contributed by atoms with van der Waals surface area (Å²) in [5, 5.41) is 4.20. The highest BCUT2D eigenvalue weighted by molar-refractivity contribution is 7.23. The minimum Gasteiger partial charge on any atom is -0.314 e. The second-order valence-corrected chi connectivity index (χ2v) is 8.08. The van der Waals surface area contributed by atoms with E-state index in [1.165, 1.54) is 21.5 Å². The third-order valence-electron chi connectivity index (χ3n) is 4.94. The molecule has 4 nitrogen and oxygen atoms in total. The Hall–Kier alpha value is -1.92. The molecule has 0 saturated carbocycles. The summed E-state index contributed by atoms with van der Waals surface area (Å²) in [6.07, 6.45) is 0. The molecule has 1 N–H and O–H groups in total. The summed E-state index contributed by atoms with van der Waals surface area (Å²) in [5.41, 5.74) is 4.72. The van der Waals surface area contributed by atoms with Crippen molar-refractivity contribution >= 4 is 38.1 Å². The molecule has 4 aromatic rings. The van der Waals surface area contributed by atoms with Gasteiger partial charge in [-0.2, -0.15) is 0 Å². The van der Waals surface area contributed by atoms with Crippen molar-refractivity contribution in [2.24, 2.45) is 0 Å². The number of hydrogen-bond acceptors (Lipinski definition) is 4. The van der Waals surface area contributed by atoms with Gasteiger partial charge in [0.05, 0.1) is 21.6 Å². The number of nitrogens with one attached hydrogen (secondary N) is 1. The summed E-state index contributed by atoms with van der Waals surface area (Å²) in [4.78, 5) is 8.55. The maximum absolute atomic E-state index is 6.20. The minimum absolute atomic E-state index is 0.772. The smallest absolute Gasteiger partial charge is 0.195 e. The zero-order chi connectivity index (χ0) is 17.5. The first kappa shape index (κ1) is 16.3. The monoisotopic (exact) mass is 382 g/mol. The van der Waals surface area contributed by atoms with Gasteiger partial charge in [0.2, 0.25) is 0 Å². The van der Waals surface area contributed by atoms with Crippen molar-refractivity contribution in [3.8, 4) is 11.3 Å². The number of imidazole rings is 1. The first-order valence-corrected chi connectivity index (χ1v) is 10.1. The van der Waals surface area contributed by atoms with E-state index >= 15 is 0 Å². The number of benzene rings is 2. The van der Waals surface area contributed by atoms with Gasteiger partial charge in [-0.15, -0.1) is 0 Å².